The highest BCUT2D eigenvalue weighted by Crippen LogP contribution is 2.43. The zero-order chi connectivity index (χ0) is 16.7. The second-order valence-electron chi connectivity index (χ2n) is 8.21. The van der Waals surface area contributed by atoms with Gasteiger partial charge in [0.15, 0.2) is 0 Å². The van der Waals surface area contributed by atoms with Gasteiger partial charge in [-0.25, -0.2) is 0 Å². The summed E-state index contributed by atoms with van der Waals surface area (Å²) in [5, 5.41) is 0. The highest BCUT2D eigenvalue weighted by atomic mass is 16.2. The molecule has 0 aromatic carbocycles. The molecule has 2 heteroatoms. The van der Waals surface area contributed by atoms with Crippen LogP contribution < -0.4 is 0 Å². The van der Waals surface area contributed by atoms with Crippen LogP contribution in [-0.4, -0.2) is 23.9 Å². The predicted molar refractivity (Wildman–Crippen MR) is 98.3 cm³/mol. The molecule has 23 heavy (non-hydrogen) atoms. The summed E-state index contributed by atoms with van der Waals surface area (Å²) in [6.45, 7) is 8.68. The maximum atomic E-state index is 12.4. The minimum atomic E-state index is 0.372. The van der Waals surface area contributed by atoms with Gasteiger partial charge in [-0.2, -0.15) is 0 Å². The highest BCUT2D eigenvalue weighted by molar-refractivity contribution is 5.81. The summed E-state index contributed by atoms with van der Waals surface area (Å²) in [5.74, 6) is 3.06. The minimum Gasteiger partial charge on any atom is -0.342 e. The van der Waals surface area contributed by atoms with Crippen molar-refractivity contribution in [2.24, 2.45) is 23.7 Å². The van der Waals surface area contributed by atoms with Crippen LogP contribution in [0.5, 0.6) is 0 Å². The monoisotopic (exact) mass is 319 g/mol. The van der Waals surface area contributed by atoms with Gasteiger partial charge in [0.05, 0.1) is 0 Å². The summed E-state index contributed by atoms with van der Waals surface area (Å²) in [6, 6.07) is 0. The molecule has 0 aromatic heterocycles. The fourth-order valence-corrected chi connectivity index (χ4v) is 3.51. The molecule has 0 radical (unpaired) electrons. The van der Waals surface area contributed by atoms with Crippen molar-refractivity contribution in [1.82, 2.24) is 4.90 Å². The molecule has 2 atom stereocenters. The average Bonchev–Trinajstić information content (AvgIpc) is 3.40. The molecule has 132 valence electrons. The van der Waals surface area contributed by atoms with Gasteiger partial charge < -0.3 is 4.90 Å². The third kappa shape index (κ3) is 7.10. The zero-order valence-electron chi connectivity index (χ0n) is 15.6. The number of nitrogens with zero attached hydrogens (tertiary/aromatic N) is 1. The Balaban J connectivity index is 1.61. The van der Waals surface area contributed by atoms with E-state index in [1.54, 1.807) is 0 Å². The summed E-state index contributed by atoms with van der Waals surface area (Å²) in [6.07, 6.45) is 16.2. The molecule has 0 aromatic rings. The van der Waals surface area contributed by atoms with Crippen LogP contribution in [0, 0.1) is 23.7 Å². The van der Waals surface area contributed by atoms with Crippen LogP contribution in [-0.2, 0) is 4.79 Å². The van der Waals surface area contributed by atoms with E-state index in [-0.39, 0.29) is 0 Å². The van der Waals surface area contributed by atoms with Crippen molar-refractivity contribution in [3.8, 4) is 0 Å². The number of amides is 1. The first-order valence-electron chi connectivity index (χ1n) is 10.1. The molecule has 2 nitrogen and oxygen atoms in total. The summed E-state index contributed by atoms with van der Waals surface area (Å²) < 4.78 is 0. The molecule has 1 amide bonds. The summed E-state index contributed by atoms with van der Waals surface area (Å²) in [7, 11) is 0. The lowest BCUT2D eigenvalue weighted by atomic mass is 10.1. The third-order valence-corrected chi connectivity index (χ3v) is 5.19. The largest absolute Gasteiger partial charge is 0.342 e. The van der Waals surface area contributed by atoms with Gasteiger partial charge in [0, 0.05) is 19.0 Å². The maximum Gasteiger partial charge on any atom is 0.225 e. The van der Waals surface area contributed by atoms with E-state index in [9.17, 15) is 4.79 Å². The normalized spacial score (nSPS) is 23.7. The maximum absolute atomic E-state index is 12.4. The zero-order valence-corrected chi connectivity index (χ0v) is 15.6. The van der Waals surface area contributed by atoms with E-state index in [2.05, 4.69) is 37.8 Å². The second kappa shape index (κ2) is 9.49. The second-order valence-corrected chi connectivity index (χ2v) is 8.21. The van der Waals surface area contributed by atoms with E-state index in [4.69, 9.17) is 0 Å². The Hall–Kier alpha value is -0.790. The number of carbonyl (C=O) groups is 1. The molecule has 2 aliphatic rings. The van der Waals surface area contributed by atoms with Crippen LogP contribution in [0.15, 0.2) is 12.2 Å². The van der Waals surface area contributed by atoms with E-state index < -0.39 is 0 Å². The number of rotatable bonds is 12. The molecule has 2 fully saturated rings. The minimum absolute atomic E-state index is 0.372. The van der Waals surface area contributed by atoms with Crippen LogP contribution in [0.4, 0.5) is 0 Å². The van der Waals surface area contributed by atoms with Gasteiger partial charge in [-0.3, -0.25) is 4.79 Å². The van der Waals surface area contributed by atoms with Crippen LogP contribution in [0.25, 0.3) is 0 Å². The Labute approximate surface area is 143 Å². The fraction of sp³-hybridized carbons (Fsp3) is 0.857. The van der Waals surface area contributed by atoms with Crippen molar-refractivity contribution in [2.45, 2.75) is 78.6 Å². The Morgan fingerprint density at radius 1 is 1.13 bits per heavy atom. The van der Waals surface area contributed by atoms with Crippen molar-refractivity contribution in [1.29, 1.82) is 0 Å². The molecule has 2 unspecified atom stereocenters. The molecule has 0 bridgehead atoms. The van der Waals surface area contributed by atoms with Gasteiger partial charge in [0.2, 0.25) is 5.91 Å². The first-order chi connectivity index (χ1) is 11.1. The highest BCUT2D eigenvalue weighted by Gasteiger charge is 2.40. The lowest BCUT2D eigenvalue weighted by Gasteiger charge is -2.25. The van der Waals surface area contributed by atoms with Gasteiger partial charge in [-0.15, -0.1) is 0 Å². The van der Waals surface area contributed by atoms with Crippen LogP contribution in [0.2, 0.25) is 0 Å². The molecule has 0 heterocycles. The van der Waals surface area contributed by atoms with Crippen molar-refractivity contribution in [3.05, 3.63) is 12.2 Å². The Morgan fingerprint density at radius 3 is 2.52 bits per heavy atom. The van der Waals surface area contributed by atoms with Crippen molar-refractivity contribution < 1.29 is 4.79 Å². The van der Waals surface area contributed by atoms with Gasteiger partial charge in [-0.05, 0) is 62.7 Å². The standard InChI is InChI=1S/C21H37NO/c1-4-5-6-7-8-9-10-11-19-14-20(19)16-22(15-17(2)3)21(23)18-12-13-18/h8-9,17-20H,4-7,10-16H2,1-3H3. The third-order valence-electron chi connectivity index (χ3n) is 5.19. The van der Waals surface area contributed by atoms with Gasteiger partial charge in [0.25, 0.3) is 0 Å². The van der Waals surface area contributed by atoms with E-state index in [1.807, 2.05) is 0 Å². The number of unbranched alkanes of at least 4 members (excludes halogenated alkanes) is 3. The first kappa shape index (κ1) is 18.5. The van der Waals surface area contributed by atoms with Gasteiger partial charge in [-0.1, -0.05) is 45.8 Å². The topological polar surface area (TPSA) is 20.3 Å². The lowest BCUT2D eigenvalue weighted by molar-refractivity contribution is -0.133. The molecule has 0 aliphatic heterocycles. The quantitative estimate of drug-likeness (QED) is 0.347. The summed E-state index contributed by atoms with van der Waals surface area (Å²) in [4.78, 5) is 14.6. The molecule has 2 rings (SSSR count). The molecule has 0 N–H and O–H groups in total. The number of allylic oxidation sites excluding steroid dienone is 2. The Bertz CT molecular complexity index is 383. The first-order valence-corrected chi connectivity index (χ1v) is 10.1. The van der Waals surface area contributed by atoms with E-state index in [1.165, 1.54) is 44.9 Å². The van der Waals surface area contributed by atoms with E-state index in [0.717, 1.165) is 37.8 Å². The predicted octanol–water partition coefficient (Wildman–Crippen LogP) is 5.43. The molecular weight excluding hydrogens is 282 g/mol. The van der Waals surface area contributed by atoms with Crippen molar-refractivity contribution in [3.63, 3.8) is 0 Å². The number of hydrogen-bond donors (Lipinski definition) is 0. The van der Waals surface area contributed by atoms with Crippen molar-refractivity contribution in [2.75, 3.05) is 13.1 Å². The van der Waals surface area contributed by atoms with Gasteiger partial charge in [0.1, 0.15) is 0 Å². The van der Waals surface area contributed by atoms with E-state index in [0.29, 0.717) is 17.7 Å². The molecule has 0 spiro atoms. The van der Waals surface area contributed by atoms with Crippen molar-refractivity contribution >= 4 is 5.91 Å². The van der Waals surface area contributed by atoms with Crippen LogP contribution >= 0.6 is 0 Å². The Kier molecular flexibility index (Phi) is 7.65. The summed E-state index contributed by atoms with van der Waals surface area (Å²) in [5.41, 5.74) is 0. The molecule has 2 saturated carbocycles. The van der Waals surface area contributed by atoms with Gasteiger partial charge >= 0.3 is 0 Å². The Morgan fingerprint density at radius 2 is 1.87 bits per heavy atom. The van der Waals surface area contributed by atoms with Crippen LogP contribution in [0.1, 0.15) is 78.6 Å². The lowest BCUT2D eigenvalue weighted by Crippen LogP contribution is -2.37. The smallest absolute Gasteiger partial charge is 0.225 e. The number of carbonyl (C=O) groups excluding carboxylic acids is 1. The molecule has 2 aliphatic carbocycles. The van der Waals surface area contributed by atoms with E-state index >= 15 is 0 Å². The molecular formula is C21H37NO. The SMILES string of the molecule is CCCCCC=CCCC1CC1CN(CC(C)C)C(=O)C1CC1. The molecule has 0 saturated heterocycles. The number of hydrogen-bond acceptors (Lipinski definition) is 1. The summed E-state index contributed by atoms with van der Waals surface area (Å²) >= 11 is 0. The fourth-order valence-electron chi connectivity index (χ4n) is 3.51. The van der Waals surface area contributed by atoms with Crippen LogP contribution in [0.3, 0.4) is 0 Å². The average molecular weight is 320 g/mol.